The molecule has 2 heterocycles. The van der Waals surface area contributed by atoms with Gasteiger partial charge in [-0.2, -0.15) is 0 Å². The summed E-state index contributed by atoms with van der Waals surface area (Å²) in [5.41, 5.74) is 1.09. The first kappa shape index (κ1) is 14.6. The Bertz CT molecular complexity index is 684. The van der Waals surface area contributed by atoms with Crippen LogP contribution in [0.4, 0.5) is 0 Å². The van der Waals surface area contributed by atoms with Crippen LogP contribution in [-0.4, -0.2) is 34.6 Å². The van der Waals surface area contributed by atoms with Crippen LogP contribution in [0.15, 0.2) is 41.3 Å². The maximum atomic E-state index is 12.4. The van der Waals surface area contributed by atoms with Gasteiger partial charge in [0, 0.05) is 18.8 Å². The molecule has 1 aromatic carbocycles. The molecule has 3 N–H and O–H groups in total. The zero-order valence-corrected chi connectivity index (χ0v) is 12.3. The summed E-state index contributed by atoms with van der Waals surface area (Å²) in [6, 6.07) is 9.75. The Morgan fingerprint density at radius 1 is 1.32 bits per heavy atom. The first-order valence-corrected chi connectivity index (χ1v) is 7.58. The van der Waals surface area contributed by atoms with E-state index in [1.807, 2.05) is 30.3 Å². The largest absolute Gasteiger partial charge is 0.347 e. The molecule has 3 rings (SSSR count). The monoisotopic (exact) mass is 300 g/mol. The summed E-state index contributed by atoms with van der Waals surface area (Å²) in [5.74, 6) is -0.206. The third kappa shape index (κ3) is 3.28. The number of piperidine rings is 1. The van der Waals surface area contributed by atoms with Crippen LogP contribution in [0.1, 0.15) is 28.9 Å². The summed E-state index contributed by atoms with van der Waals surface area (Å²) < 4.78 is 1.47. The average Bonchev–Trinajstić information content (AvgIpc) is 2.90. The highest BCUT2D eigenvalue weighted by Crippen LogP contribution is 2.06. The third-order valence-corrected chi connectivity index (χ3v) is 3.92. The van der Waals surface area contributed by atoms with Gasteiger partial charge in [0.25, 0.3) is 5.91 Å². The zero-order chi connectivity index (χ0) is 15.4. The van der Waals surface area contributed by atoms with Gasteiger partial charge in [0.05, 0.1) is 6.54 Å². The number of aromatic amines is 1. The van der Waals surface area contributed by atoms with E-state index in [0.717, 1.165) is 31.5 Å². The normalized spacial score (nSPS) is 18.1. The second kappa shape index (κ2) is 6.62. The minimum absolute atomic E-state index is 0.122. The lowest BCUT2D eigenvalue weighted by Gasteiger charge is -2.23. The predicted molar refractivity (Wildman–Crippen MR) is 84.0 cm³/mol. The quantitative estimate of drug-likeness (QED) is 0.778. The number of nitrogens with one attached hydrogen (secondary N) is 3. The Kier molecular flexibility index (Phi) is 4.39. The summed E-state index contributed by atoms with van der Waals surface area (Å²) in [6.45, 7) is 2.16. The molecule has 0 bridgehead atoms. The topological polar surface area (TPSA) is 78.9 Å². The molecule has 0 aliphatic carbocycles. The number of imidazole rings is 1. The maximum Gasteiger partial charge on any atom is 0.326 e. The molecule has 22 heavy (non-hydrogen) atoms. The molecule has 1 aromatic heterocycles. The van der Waals surface area contributed by atoms with E-state index in [2.05, 4.69) is 15.6 Å². The third-order valence-electron chi connectivity index (χ3n) is 3.92. The molecule has 1 aliphatic heterocycles. The summed E-state index contributed by atoms with van der Waals surface area (Å²) >= 11 is 0. The predicted octanol–water partition coefficient (Wildman–Crippen LogP) is 0.707. The number of hydrogen-bond acceptors (Lipinski definition) is 3. The molecule has 1 saturated heterocycles. The van der Waals surface area contributed by atoms with E-state index in [9.17, 15) is 9.59 Å². The van der Waals surface area contributed by atoms with E-state index in [4.69, 9.17) is 0 Å². The Balaban J connectivity index is 1.76. The van der Waals surface area contributed by atoms with Crippen molar-refractivity contribution in [2.45, 2.75) is 25.4 Å². The van der Waals surface area contributed by atoms with E-state index >= 15 is 0 Å². The second-order valence-corrected chi connectivity index (χ2v) is 5.57. The second-order valence-electron chi connectivity index (χ2n) is 5.57. The summed E-state index contributed by atoms with van der Waals surface area (Å²) in [7, 11) is 0. The average molecular weight is 300 g/mol. The molecule has 0 radical (unpaired) electrons. The molecular weight excluding hydrogens is 280 g/mol. The molecule has 6 heteroatoms. The van der Waals surface area contributed by atoms with E-state index in [-0.39, 0.29) is 17.6 Å². The number of hydrogen-bond donors (Lipinski definition) is 3. The number of carbonyl (C=O) groups excluding carboxylic acids is 1. The lowest BCUT2D eigenvalue weighted by Crippen LogP contribution is -2.46. The van der Waals surface area contributed by atoms with Crippen LogP contribution < -0.4 is 16.3 Å². The van der Waals surface area contributed by atoms with Crippen LogP contribution in [0.5, 0.6) is 0 Å². The SMILES string of the molecule is O=C(NC1CCCNC1)c1c[nH]c(=O)n1Cc1ccccc1. The van der Waals surface area contributed by atoms with E-state index < -0.39 is 0 Å². The van der Waals surface area contributed by atoms with Gasteiger partial charge in [-0.05, 0) is 24.9 Å². The molecule has 1 atom stereocenters. The number of carbonyl (C=O) groups is 1. The number of nitrogens with zero attached hydrogens (tertiary/aromatic N) is 1. The van der Waals surface area contributed by atoms with Gasteiger partial charge >= 0.3 is 5.69 Å². The van der Waals surface area contributed by atoms with E-state index in [0.29, 0.717) is 12.2 Å². The number of amides is 1. The van der Waals surface area contributed by atoms with Crippen LogP contribution in [0, 0.1) is 0 Å². The summed E-state index contributed by atoms with van der Waals surface area (Å²) in [4.78, 5) is 27.0. The maximum absolute atomic E-state index is 12.4. The highest BCUT2D eigenvalue weighted by Gasteiger charge is 2.19. The van der Waals surface area contributed by atoms with Crippen molar-refractivity contribution in [3.63, 3.8) is 0 Å². The minimum Gasteiger partial charge on any atom is -0.347 e. The van der Waals surface area contributed by atoms with Crippen molar-refractivity contribution in [2.24, 2.45) is 0 Å². The number of aromatic nitrogens is 2. The highest BCUT2D eigenvalue weighted by atomic mass is 16.2. The fourth-order valence-electron chi connectivity index (χ4n) is 2.74. The van der Waals surface area contributed by atoms with Crippen molar-refractivity contribution in [1.29, 1.82) is 0 Å². The van der Waals surface area contributed by atoms with E-state index in [1.54, 1.807) is 0 Å². The Morgan fingerprint density at radius 3 is 2.86 bits per heavy atom. The van der Waals surface area contributed by atoms with Crippen LogP contribution in [0.3, 0.4) is 0 Å². The van der Waals surface area contributed by atoms with Gasteiger partial charge in [0.2, 0.25) is 0 Å². The van der Waals surface area contributed by atoms with Gasteiger partial charge in [-0.3, -0.25) is 9.36 Å². The molecule has 0 spiro atoms. The zero-order valence-electron chi connectivity index (χ0n) is 12.3. The van der Waals surface area contributed by atoms with Gasteiger partial charge in [-0.1, -0.05) is 30.3 Å². The lowest BCUT2D eigenvalue weighted by molar-refractivity contribution is 0.0921. The minimum atomic E-state index is -0.268. The van der Waals surface area contributed by atoms with Crippen molar-refractivity contribution in [3.05, 3.63) is 58.3 Å². The molecular formula is C16H20N4O2. The van der Waals surface area contributed by atoms with Crippen LogP contribution >= 0.6 is 0 Å². The fourth-order valence-corrected chi connectivity index (χ4v) is 2.74. The Morgan fingerprint density at radius 2 is 2.14 bits per heavy atom. The molecule has 1 aliphatic rings. The summed E-state index contributed by atoms with van der Waals surface area (Å²) in [5, 5.41) is 6.25. The smallest absolute Gasteiger partial charge is 0.326 e. The molecule has 0 saturated carbocycles. The fraction of sp³-hybridized carbons (Fsp3) is 0.375. The van der Waals surface area contributed by atoms with Crippen molar-refractivity contribution < 1.29 is 4.79 Å². The first-order valence-electron chi connectivity index (χ1n) is 7.58. The van der Waals surface area contributed by atoms with Crippen LogP contribution in [0.25, 0.3) is 0 Å². The summed E-state index contributed by atoms with van der Waals surface area (Å²) in [6.07, 6.45) is 3.50. The Labute approximate surface area is 128 Å². The Hall–Kier alpha value is -2.34. The van der Waals surface area contributed by atoms with Gasteiger partial charge in [0.1, 0.15) is 5.69 Å². The van der Waals surface area contributed by atoms with Crippen LogP contribution in [0.2, 0.25) is 0 Å². The van der Waals surface area contributed by atoms with Crippen molar-refractivity contribution in [2.75, 3.05) is 13.1 Å². The number of benzene rings is 1. The van der Waals surface area contributed by atoms with Crippen LogP contribution in [-0.2, 0) is 6.54 Å². The lowest BCUT2D eigenvalue weighted by atomic mass is 10.1. The standard InChI is InChI=1S/C16H20N4O2/c21-15(19-13-7-4-8-17-9-13)14-10-18-16(22)20(14)11-12-5-2-1-3-6-12/h1-3,5-6,10,13,17H,4,7-9,11H2,(H,18,22)(H,19,21). The van der Waals surface area contributed by atoms with Gasteiger partial charge < -0.3 is 15.6 Å². The van der Waals surface area contributed by atoms with Gasteiger partial charge in [-0.15, -0.1) is 0 Å². The molecule has 1 amide bonds. The molecule has 116 valence electrons. The molecule has 2 aromatic rings. The number of rotatable bonds is 4. The number of H-pyrrole nitrogens is 1. The molecule has 6 nitrogen and oxygen atoms in total. The van der Waals surface area contributed by atoms with Gasteiger partial charge in [-0.25, -0.2) is 4.79 Å². The molecule has 1 unspecified atom stereocenters. The van der Waals surface area contributed by atoms with Crippen molar-refractivity contribution in [3.8, 4) is 0 Å². The van der Waals surface area contributed by atoms with Crippen molar-refractivity contribution in [1.82, 2.24) is 20.2 Å². The van der Waals surface area contributed by atoms with Crippen molar-refractivity contribution >= 4 is 5.91 Å². The van der Waals surface area contributed by atoms with E-state index in [1.165, 1.54) is 10.8 Å². The molecule has 1 fully saturated rings. The highest BCUT2D eigenvalue weighted by molar-refractivity contribution is 5.92. The van der Waals surface area contributed by atoms with Gasteiger partial charge in [0.15, 0.2) is 0 Å². The first-order chi connectivity index (χ1) is 10.7.